The molecule has 0 unspecified atom stereocenters. The SMILES string of the molecule is O=C(c1cccc(-c2ccoc2)c1)N1C[C@H]2COCC[C@@]2(C(=O)O)C1. The number of carbonyl (C=O) groups is 2. The third-order valence-corrected chi connectivity index (χ3v) is 5.38. The van der Waals surface area contributed by atoms with Crippen molar-refractivity contribution in [2.24, 2.45) is 11.3 Å². The van der Waals surface area contributed by atoms with Gasteiger partial charge in [-0.1, -0.05) is 12.1 Å². The second kappa shape index (κ2) is 6.04. The number of rotatable bonds is 3. The van der Waals surface area contributed by atoms with Crippen LogP contribution in [0.25, 0.3) is 11.1 Å². The van der Waals surface area contributed by atoms with E-state index in [1.54, 1.807) is 23.5 Å². The first kappa shape index (κ1) is 15.9. The Kier molecular flexibility index (Phi) is 3.84. The quantitative estimate of drug-likeness (QED) is 0.928. The first-order valence-corrected chi connectivity index (χ1v) is 8.33. The Hall–Kier alpha value is -2.60. The maximum absolute atomic E-state index is 12.9. The zero-order valence-electron chi connectivity index (χ0n) is 13.7. The van der Waals surface area contributed by atoms with Crippen molar-refractivity contribution in [1.82, 2.24) is 4.90 Å². The first-order chi connectivity index (χ1) is 12.1. The van der Waals surface area contributed by atoms with E-state index in [9.17, 15) is 14.7 Å². The van der Waals surface area contributed by atoms with Crippen LogP contribution in [0.2, 0.25) is 0 Å². The fraction of sp³-hybridized carbons (Fsp3) is 0.368. The molecule has 0 bridgehead atoms. The smallest absolute Gasteiger partial charge is 0.311 e. The van der Waals surface area contributed by atoms with E-state index < -0.39 is 11.4 Å². The summed E-state index contributed by atoms with van der Waals surface area (Å²) in [6.07, 6.45) is 3.67. The van der Waals surface area contributed by atoms with E-state index in [-0.39, 0.29) is 18.4 Å². The molecule has 0 aliphatic carbocycles. The molecule has 3 heterocycles. The van der Waals surface area contributed by atoms with Crippen LogP contribution in [0.4, 0.5) is 0 Å². The van der Waals surface area contributed by atoms with Crippen molar-refractivity contribution in [1.29, 1.82) is 0 Å². The lowest BCUT2D eigenvalue weighted by Crippen LogP contribution is -2.45. The summed E-state index contributed by atoms with van der Waals surface area (Å²) in [5, 5.41) is 9.73. The number of nitrogens with zero attached hydrogens (tertiary/aromatic N) is 1. The predicted octanol–water partition coefficient (Wildman–Crippen LogP) is 2.51. The lowest BCUT2D eigenvalue weighted by atomic mass is 9.74. The maximum atomic E-state index is 12.9. The second-order valence-corrected chi connectivity index (χ2v) is 6.76. The van der Waals surface area contributed by atoms with Crippen molar-refractivity contribution in [3.63, 3.8) is 0 Å². The number of carbonyl (C=O) groups excluding carboxylic acids is 1. The van der Waals surface area contributed by atoms with E-state index in [4.69, 9.17) is 9.15 Å². The van der Waals surface area contributed by atoms with Crippen LogP contribution in [0.3, 0.4) is 0 Å². The monoisotopic (exact) mass is 341 g/mol. The van der Waals surface area contributed by atoms with Gasteiger partial charge in [0.05, 0.1) is 24.5 Å². The Balaban J connectivity index is 1.60. The number of furan rings is 1. The number of fused-ring (bicyclic) bond motifs is 1. The van der Waals surface area contributed by atoms with Gasteiger partial charge in [-0.25, -0.2) is 0 Å². The normalized spacial score (nSPS) is 25.6. The Morgan fingerprint density at radius 3 is 2.84 bits per heavy atom. The average molecular weight is 341 g/mol. The fourth-order valence-corrected chi connectivity index (χ4v) is 3.90. The Morgan fingerprint density at radius 2 is 2.12 bits per heavy atom. The molecule has 2 saturated heterocycles. The van der Waals surface area contributed by atoms with Gasteiger partial charge in [-0.05, 0) is 30.2 Å². The topological polar surface area (TPSA) is 80.0 Å². The van der Waals surface area contributed by atoms with E-state index in [0.717, 1.165) is 11.1 Å². The summed E-state index contributed by atoms with van der Waals surface area (Å²) in [4.78, 5) is 26.5. The number of carboxylic acid groups (broad SMARTS) is 1. The van der Waals surface area contributed by atoms with Gasteiger partial charge in [-0.2, -0.15) is 0 Å². The summed E-state index contributed by atoms with van der Waals surface area (Å²) in [5.41, 5.74) is 1.47. The molecule has 1 aromatic carbocycles. The van der Waals surface area contributed by atoms with Crippen LogP contribution in [-0.2, 0) is 9.53 Å². The van der Waals surface area contributed by atoms with Gasteiger partial charge in [0.1, 0.15) is 0 Å². The van der Waals surface area contributed by atoms with Crippen LogP contribution >= 0.6 is 0 Å². The number of ether oxygens (including phenoxy) is 1. The summed E-state index contributed by atoms with van der Waals surface area (Å²) in [6, 6.07) is 9.16. The fourth-order valence-electron chi connectivity index (χ4n) is 3.90. The zero-order chi connectivity index (χ0) is 17.4. The zero-order valence-corrected chi connectivity index (χ0v) is 13.7. The standard InChI is InChI=1S/C19H19NO5/c21-17(14-3-1-2-13(8-14)15-4-6-24-10-15)20-9-16-11-25-7-5-19(16,12-20)18(22)23/h1-4,6,8,10,16H,5,7,9,11-12H2,(H,22,23)/t16-,19+/m0/s1. The molecule has 25 heavy (non-hydrogen) atoms. The van der Waals surface area contributed by atoms with E-state index in [1.165, 1.54) is 0 Å². The number of benzene rings is 1. The Morgan fingerprint density at radius 1 is 1.24 bits per heavy atom. The van der Waals surface area contributed by atoms with Crippen LogP contribution in [-0.4, -0.2) is 48.2 Å². The molecule has 0 saturated carbocycles. The Labute approximate surface area is 145 Å². The number of carboxylic acids is 1. The molecule has 1 amide bonds. The van der Waals surface area contributed by atoms with Gasteiger partial charge in [0.15, 0.2) is 0 Å². The minimum Gasteiger partial charge on any atom is -0.481 e. The summed E-state index contributed by atoms with van der Waals surface area (Å²) in [7, 11) is 0. The van der Waals surface area contributed by atoms with Gasteiger partial charge in [0, 0.05) is 36.7 Å². The molecule has 1 N–H and O–H groups in total. The number of likely N-dealkylation sites (tertiary alicyclic amines) is 1. The molecule has 6 heteroatoms. The van der Waals surface area contributed by atoms with Crippen LogP contribution in [0, 0.1) is 11.3 Å². The highest BCUT2D eigenvalue weighted by molar-refractivity contribution is 5.96. The highest BCUT2D eigenvalue weighted by Crippen LogP contribution is 2.42. The molecule has 1 aromatic heterocycles. The van der Waals surface area contributed by atoms with Gasteiger partial charge in [0.25, 0.3) is 5.91 Å². The largest absolute Gasteiger partial charge is 0.481 e. The van der Waals surface area contributed by atoms with Gasteiger partial charge >= 0.3 is 5.97 Å². The molecule has 0 radical (unpaired) electrons. The molecule has 2 atom stereocenters. The van der Waals surface area contributed by atoms with Gasteiger partial charge in [0.2, 0.25) is 0 Å². The van der Waals surface area contributed by atoms with Crippen LogP contribution < -0.4 is 0 Å². The van der Waals surface area contributed by atoms with Crippen LogP contribution in [0.1, 0.15) is 16.8 Å². The van der Waals surface area contributed by atoms with E-state index in [2.05, 4.69) is 0 Å². The van der Waals surface area contributed by atoms with Crippen LogP contribution in [0.5, 0.6) is 0 Å². The van der Waals surface area contributed by atoms with Crippen molar-refractivity contribution < 1.29 is 23.8 Å². The summed E-state index contributed by atoms with van der Waals surface area (Å²) in [6.45, 7) is 1.48. The lowest BCUT2D eigenvalue weighted by Gasteiger charge is -2.33. The van der Waals surface area contributed by atoms with Crippen molar-refractivity contribution in [2.75, 3.05) is 26.3 Å². The van der Waals surface area contributed by atoms with Crippen molar-refractivity contribution >= 4 is 11.9 Å². The van der Waals surface area contributed by atoms with Crippen molar-refractivity contribution in [3.8, 4) is 11.1 Å². The minimum atomic E-state index is -0.879. The third kappa shape index (κ3) is 2.62. The molecule has 4 rings (SSSR count). The summed E-state index contributed by atoms with van der Waals surface area (Å²) in [5.74, 6) is -1.12. The maximum Gasteiger partial charge on any atom is 0.311 e. The van der Waals surface area contributed by atoms with E-state index >= 15 is 0 Å². The second-order valence-electron chi connectivity index (χ2n) is 6.76. The van der Waals surface area contributed by atoms with E-state index in [0.29, 0.717) is 31.7 Å². The van der Waals surface area contributed by atoms with E-state index in [1.807, 2.05) is 24.3 Å². The van der Waals surface area contributed by atoms with Crippen LogP contribution in [0.15, 0.2) is 47.3 Å². The molecular formula is C19H19NO5. The molecule has 0 spiro atoms. The van der Waals surface area contributed by atoms with Gasteiger partial charge < -0.3 is 19.2 Å². The molecule has 2 aliphatic heterocycles. The average Bonchev–Trinajstić information content (AvgIpc) is 3.29. The summed E-state index contributed by atoms with van der Waals surface area (Å²) < 4.78 is 10.5. The molecule has 6 nitrogen and oxygen atoms in total. The predicted molar refractivity (Wildman–Crippen MR) is 89.0 cm³/mol. The number of hydrogen-bond donors (Lipinski definition) is 1. The number of aliphatic carboxylic acids is 1. The highest BCUT2D eigenvalue weighted by atomic mass is 16.5. The molecular weight excluding hydrogens is 322 g/mol. The molecule has 130 valence electrons. The molecule has 2 aromatic rings. The van der Waals surface area contributed by atoms with Crippen molar-refractivity contribution in [3.05, 3.63) is 48.4 Å². The highest BCUT2D eigenvalue weighted by Gasteiger charge is 2.54. The first-order valence-electron chi connectivity index (χ1n) is 8.33. The number of amides is 1. The Bertz CT molecular complexity index is 800. The molecule has 2 aliphatic rings. The lowest BCUT2D eigenvalue weighted by molar-refractivity contribution is -0.157. The molecule has 2 fully saturated rings. The number of hydrogen-bond acceptors (Lipinski definition) is 4. The summed E-state index contributed by atoms with van der Waals surface area (Å²) >= 11 is 0. The van der Waals surface area contributed by atoms with Crippen molar-refractivity contribution in [2.45, 2.75) is 6.42 Å². The van der Waals surface area contributed by atoms with Gasteiger partial charge in [-0.3, -0.25) is 9.59 Å². The van der Waals surface area contributed by atoms with Gasteiger partial charge in [-0.15, -0.1) is 0 Å². The minimum absolute atomic E-state index is 0.139. The third-order valence-electron chi connectivity index (χ3n) is 5.38.